The zero-order valence-electron chi connectivity index (χ0n) is 9.26. The molecule has 0 bridgehead atoms. The molecular formula is C13H17F2N. The molecule has 16 heavy (non-hydrogen) atoms. The van der Waals surface area contributed by atoms with Crippen LogP contribution in [0.15, 0.2) is 24.3 Å². The Labute approximate surface area is 94.7 Å². The third-order valence-electron chi connectivity index (χ3n) is 3.39. The Hall–Kier alpha value is -0.960. The van der Waals surface area contributed by atoms with E-state index in [0.717, 1.165) is 0 Å². The third kappa shape index (κ3) is 2.59. The van der Waals surface area contributed by atoms with Gasteiger partial charge in [-0.2, -0.15) is 0 Å². The molecule has 0 unspecified atom stereocenters. The quantitative estimate of drug-likeness (QED) is 0.822. The Kier molecular flexibility index (Phi) is 3.24. The van der Waals surface area contributed by atoms with E-state index in [2.05, 4.69) is 0 Å². The summed E-state index contributed by atoms with van der Waals surface area (Å²) in [4.78, 5) is 0. The fourth-order valence-corrected chi connectivity index (χ4v) is 2.32. The van der Waals surface area contributed by atoms with E-state index in [0.29, 0.717) is 31.2 Å². The SMILES string of the molecule is NC1CCC(F)(Cc2ccccc2F)CC1. The summed E-state index contributed by atoms with van der Waals surface area (Å²) in [5, 5.41) is 0. The van der Waals surface area contributed by atoms with Gasteiger partial charge < -0.3 is 5.73 Å². The number of halogens is 2. The van der Waals surface area contributed by atoms with Crippen LogP contribution < -0.4 is 5.73 Å². The second kappa shape index (κ2) is 4.50. The van der Waals surface area contributed by atoms with Gasteiger partial charge in [-0.25, -0.2) is 8.78 Å². The topological polar surface area (TPSA) is 26.0 Å². The summed E-state index contributed by atoms with van der Waals surface area (Å²) in [6.45, 7) is 0. The van der Waals surface area contributed by atoms with Crippen molar-refractivity contribution in [2.24, 2.45) is 5.73 Å². The van der Waals surface area contributed by atoms with Crippen molar-refractivity contribution in [2.75, 3.05) is 0 Å². The number of hydrogen-bond donors (Lipinski definition) is 1. The van der Waals surface area contributed by atoms with E-state index < -0.39 is 5.67 Å². The van der Waals surface area contributed by atoms with Gasteiger partial charge in [0.15, 0.2) is 0 Å². The Balaban J connectivity index is 2.07. The summed E-state index contributed by atoms with van der Waals surface area (Å²) in [5.41, 5.74) is 4.95. The average molecular weight is 225 g/mol. The summed E-state index contributed by atoms with van der Waals surface area (Å²) < 4.78 is 27.8. The minimum atomic E-state index is -1.27. The standard InChI is InChI=1S/C13H17F2N/c14-12-4-2-1-3-10(12)9-13(15)7-5-11(16)6-8-13/h1-4,11H,5-9,16H2. The number of hydrogen-bond acceptors (Lipinski definition) is 1. The Morgan fingerprint density at radius 1 is 1.25 bits per heavy atom. The lowest BCUT2D eigenvalue weighted by molar-refractivity contribution is 0.0984. The smallest absolute Gasteiger partial charge is 0.126 e. The molecule has 0 aliphatic heterocycles. The molecule has 0 atom stereocenters. The van der Waals surface area contributed by atoms with Crippen molar-refractivity contribution in [3.63, 3.8) is 0 Å². The highest BCUT2D eigenvalue weighted by molar-refractivity contribution is 5.19. The zero-order valence-corrected chi connectivity index (χ0v) is 9.26. The van der Waals surface area contributed by atoms with Gasteiger partial charge in [0.05, 0.1) is 0 Å². The van der Waals surface area contributed by atoms with Gasteiger partial charge in [0.1, 0.15) is 11.5 Å². The molecule has 1 aliphatic rings. The molecule has 0 radical (unpaired) electrons. The van der Waals surface area contributed by atoms with Gasteiger partial charge in [0.2, 0.25) is 0 Å². The van der Waals surface area contributed by atoms with Gasteiger partial charge in [-0.15, -0.1) is 0 Å². The third-order valence-corrected chi connectivity index (χ3v) is 3.39. The molecular weight excluding hydrogens is 208 g/mol. The highest BCUT2D eigenvalue weighted by atomic mass is 19.1. The summed E-state index contributed by atoms with van der Waals surface area (Å²) >= 11 is 0. The molecule has 1 aliphatic carbocycles. The molecule has 3 heteroatoms. The van der Waals surface area contributed by atoms with Crippen molar-refractivity contribution in [1.29, 1.82) is 0 Å². The van der Waals surface area contributed by atoms with E-state index in [1.165, 1.54) is 6.07 Å². The van der Waals surface area contributed by atoms with Crippen molar-refractivity contribution in [3.8, 4) is 0 Å². The van der Waals surface area contributed by atoms with Crippen molar-refractivity contribution in [1.82, 2.24) is 0 Å². The monoisotopic (exact) mass is 225 g/mol. The molecule has 0 spiro atoms. The van der Waals surface area contributed by atoms with Crippen molar-refractivity contribution >= 4 is 0 Å². The number of alkyl halides is 1. The highest BCUT2D eigenvalue weighted by Crippen LogP contribution is 2.34. The van der Waals surface area contributed by atoms with E-state index >= 15 is 0 Å². The largest absolute Gasteiger partial charge is 0.328 e. The van der Waals surface area contributed by atoms with Gasteiger partial charge in [-0.05, 0) is 37.3 Å². The molecule has 2 rings (SSSR count). The first-order valence-corrected chi connectivity index (χ1v) is 5.77. The van der Waals surface area contributed by atoms with Crippen LogP contribution in [0.5, 0.6) is 0 Å². The number of rotatable bonds is 2. The Bertz CT molecular complexity index is 357. The molecule has 1 nitrogen and oxygen atoms in total. The van der Waals surface area contributed by atoms with E-state index in [9.17, 15) is 8.78 Å². The summed E-state index contributed by atoms with van der Waals surface area (Å²) in [6, 6.07) is 6.53. The van der Waals surface area contributed by atoms with Crippen molar-refractivity contribution in [3.05, 3.63) is 35.6 Å². The molecule has 1 aromatic rings. The normalized spacial score (nSPS) is 30.3. The van der Waals surface area contributed by atoms with Crippen LogP contribution in [0, 0.1) is 5.82 Å². The molecule has 1 saturated carbocycles. The van der Waals surface area contributed by atoms with Crippen LogP contribution in [0.25, 0.3) is 0 Å². The van der Waals surface area contributed by atoms with Gasteiger partial charge in [0.25, 0.3) is 0 Å². The second-order valence-electron chi connectivity index (χ2n) is 4.76. The van der Waals surface area contributed by atoms with E-state index in [-0.39, 0.29) is 18.3 Å². The lowest BCUT2D eigenvalue weighted by Crippen LogP contribution is -2.37. The zero-order chi connectivity index (χ0) is 11.6. The summed E-state index contributed by atoms with van der Waals surface area (Å²) in [7, 11) is 0. The summed E-state index contributed by atoms with van der Waals surface area (Å²) in [5.74, 6) is -0.311. The van der Waals surface area contributed by atoms with Crippen molar-refractivity contribution < 1.29 is 8.78 Å². The van der Waals surface area contributed by atoms with Crippen LogP contribution in [-0.4, -0.2) is 11.7 Å². The molecule has 1 aromatic carbocycles. The number of benzene rings is 1. The lowest BCUT2D eigenvalue weighted by atomic mass is 9.80. The minimum absolute atomic E-state index is 0.115. The molecule has 0 saturated heterocycles. The lowest BCUT2D eigenvalue weighted by Gasteiger charge is -2.32. The van der Waals surface area contributed by atoms with Gasteiger partial charge >= 0.3 is 0 Å². The van der Waals surface area contributed by atoms with Gasteiger partial charge in [0, 0.05) is 12.5 Å². The maximum absolute atomic E-state index is 14.4. The van der Waals surface area contributed by atoms with E-state index in [1.807, 2.05) is 0 Å². The maximum atomic E-state index is 14.4. The maximum Gasteiger partial charge on any atom is 0.126 e. The van der Waals surface area contributed by atoms with Crippen LogP contribution in [-0.2, 0) is 6.42 Å². The minimum Gasteiger partial charge on any atom is -0.328 e. The predicted molar refractivity (Wildman–Crippen MR) is 60.4 cm³/mol. The number of nitrogens with two attached hydrogens (primary N) is 1. The molecule has 1 fully saturated rings. The fourth-order valence-electron chi connectivity index (χ4n) is 2.32. The second-order valence-corrected chi connectivity index (χ2v) is 4.76. The van der Waals surface area contributed by atoms with Crippen LogP contribution in [0.2, 0.25) is 0 Å². The average Bonchev–Trinajstić information content (AvgIpc) is 2.27. The molecule has 0 aromatic heterocycles. The first-order chi connectivity index (χ1) is 7.59. The first kappa shape index (κ1) is 11.5. The van der Waals surface area contributed by atoms with Gasteiger partial charge in [-0.3, -0.25) is 0 Å². The Morgan fingerprint density at radius 2 is 1.88 bits per heavy atom. The highest BCUT2D eigenvalue weighted by Gasteiger charge is 2.34. The Morgan fingerprint density at radius 3 is 2.50 bits per heavy atom. The van der Waals surface area contributed by atoms with Gasteiger partial charge in [-0.1, -0.05) is 18.2 Å². The fraction of sp³-hybridized carbons (Fsp3) is 0.538. The molecule has 0 heterocycles. The molecule has 88 valence electrons. The predicted octanol–water partition coefficient (Wildman–Crippen LogP) is 2.98. The van der Waals surface area contributed by atoms with Crippen LogP contribution in [0.1, 0.15) is 31.2 Å². The molecule has 0 amide bonds. The van der Waals surface area contributed by atoms with E-state index in [1.54, 1.807) is 18.2 Å². The molecule has 2 N–H and O–H groups in total. The van der Waals surface area contributed by atoms with Crippen LogP contribution in [0.3, 0.4) is 0 Å². The van der Waals surface area contributed by atoms with Crippen LogP contribution in [0.4, 0.5) is 8.78 Å². The first-order valence-electron chi connectivity index (χ1n) is 5.77. The van der Waals surface area contributed by atoms with Crippen LogP contribution >= 0.6 is 0 Å². The van der Waals surface area contributed by atoms with E-state index in [4.69, 9.17) is 5.73 Å². The van der Waals surface area contributed by atoms with Crippen molar-refractivity contribution in [2.45, 2.75) is 43.8 Å². The summed E-state index contributed by atoms with van der Waals surface area (Å²) in [6.07, 6.45) is 2.47.